The second kappa shape index (κ2) is 7.17. The van der Waals surface area contributed by atoms with E-state index in [-0.39, 0.29) is 5.69 Å². The summed E-state index contributed by atoms with van der Waals surface area (Å²) in [4.78, 5) is 10.3. The lowest BCUT2D eigenvalue weighted by Crippen LogP contribution is -2.14. The average molecular weight is 347 g/mol. The smallest absolute Gasteiger partial charge is 0.269 e. The molecule has 0 saturated heterocycles. The molecule has 5 heteroatoms. The van der Waals surface area contributed by atoms with Gasteiger partial charge in [0.15, 0.2) is 0 Å². The summed E-state index contributed by atoms with van der Waals surface area (Å²) in [5.41, 5.74) is 3.51. The van der Waals surface area contributed by atoms with E-state index in [4.69, 9.17) is 0 Å². The monoisotopic (exact) mass is 347 g/mol. The fraction of sp³-hybridized carbons (Fsp3) is 0. The minimum absolute atomic E-state index is 0.000138. The van der Waals surface area contributed by atoms with Crippen LogP contribution < -0.4 is 10.6 Å². The highest BCUT2D eigenvalue weighted by molar-refractivity contribution is 7.83. The van der Waals surface area contributed by atoms with Crippen LogP contribution in [0.25, 0.3) is 0 Å². The first-order valence-corrected chi connectivity index (χ1v) is 9.29. The molecule has 0 saturated carbocycles. The highest BCUT2D eigenvalue weighted by atomic mass is 31.2. The number of hydrogen-bond acceptors (Lipinski definition) is 3. The molecule has 0 radical (unpaired) electrons. The Balaban J connectivity index is 2.06. The zero-order valence-corrected chi connectivity index (χ0v) is 14.1. The molecule has 0 atom stereocenters. The van der Waals surface area contributed by atoms with Gasteiger partial charge < -0.3 is 0 Å². The van der Waals surface area contributed by atoms with Crippen molar-refractivity contribution in [3.63, 3.8) is 0 Å². The number of nitrogens with zero attached hydrogens (tertiary/aromatic N) is 1. The summed E-state index contributed by atoms with van der Waals surface area (Å²) in [6.45, 7) is 0. The highest BCUT2D eigenvalue weighted by Gasteiger charge is 2.24. The molecule has 0 aliphatic carbocycles. The average Bonchev–Trinajstić information content (AvgIpc) is 2.68. The number of rotatable bonds is 3. The molecule has 3 aromatic carbocycles. The Morgan fingerprint density at radius 2 is 1.24 bits per heavy atom. The molecule has 122 valence electrons. The molecule has 0 spiro atoms. The summed E-state index contributed by atoms with van der Waals surface area (Å²) in [6, 6.07) is 24.2. The van der Waals surface area contributed by atoms with E-state index in [1.807, 2.05) is 36.4 Å². The predicted molar refractivity (Wildman–Crippen MR) is 99.7 cm³/mol. The first kappa shape index (κ1) is 16.7. The molecule has 3 rings (SSSR count). The van der Waals surface area contributed by atoms with E-state index in [9.17, 15) is 14.7 Å². The SMILES string of the molecule is O=[N+]([O-])c1ccc(C#CP(=O)(c2ccccc2)c2ccccc2)cc1. The van der Waals surface area contributed by atoms with Crippen molar-refractivity contribution >= 4 is 23.4 Å². The van der Waals surface area contributed by atoms with Crippen LogP contribution in [0.3, 0.4) is 0 Å². The minimum atomic E-state index is -3.12. The molecule has 3 aromatic rings. The number of nitro groups is 1. The van der Waals surface area contributed by atoms with Crippen molar-refractivity contribution in [2.75, 3.05) is 0 Å². The molecule has 0 unspecified atom stereocenters. The van der Waals surface area contributed by atoms with Crippen molar-refractivity contribution in [3.8, 4) is 11.6 Å². The van der Waals surface area contributed by atoms with Crippen molar-refractivity contribution in [3.05, 3.63) is 101 Å². The zero-order valence-electron chi connectivity index (χ0n) is 13.2. The van der Waals surface area contributed by atoms with Crippen molar-refractivity contribution in [2.45, 2.75) is 0 Å². The van der Waals surface area contributed by atoms with E-state index >= 15 is 0 Å². The van der Waals surface area contributed by atoms with E-state index in [2.05, 4.69) is 11.6 Å². The van der Waals surface area contributed by atoms with Crippen LogP contribution >= 0.6 is 7.14 Å². The van der Waals surface area contributed by atoms with Gasteiger partial charge >= 0.3 is 0 Å². The van der Waals surface area contributed by atoms with Crippen molar-refractivity contribution in [2.24, 2.45) is 0 Å². The Kier molecular flexibility index (Phi) is 4.79. The minimum Gasteiger partial charge on any atom is -0.300 e. The molecule has 0 N–H and O–H groups in total. The first-order chi connectivity index (χ1) is 12.1. The van der Waals surface area contributed by atoms with Crippen LogP contribution in [-0.2, 0) is 4.57 Å². The van der Waals surface area contributed by atoms with Crippen LogP contribution in [-0.4, -0.2) is 4.92 Å². The third-order valence-electron chi connectivity index (χ3n) is 3.68. The van der Waals surface area contributed by atoms with Gasteiger partial charge in [-0.25, -0.2) is 0 Å². The fourth-order valence-electron chi connectivity index (χ4n) is 2.36. The van der Waals surface area contributed by atoms with Gasteiger partial charge in [-0.15, -0.1) is 0 Å². The number of non-ortho nitro benzene ring substituents is 1. The molecule has 0 aromatic heterocycles. The summed E-state index contributed by atoms with van der Waals surface area (Å²) in [6.07, 6.45) is 0. The summed E-state index contributed by atoms with van der Waals surface area (Å²) in [5, 5.41) is 12.0. The van der Waals surface area contributed by atoms with E-state index in [1.165, 1.54) is 12.1 Å². The van der Waals surface area contributed by atoms with Gasteiger partial charge in [0.05, 0.1) is 4.92 Å². The fourth-order valence-corrected chi connectivity index (χ4v) is 4.39. The molecule has 0 fully saturated rings. The summed E-state index contributed by atoms with van der Waals surface area (Å²) < 4.78 is 13.7. The standard InChI is InChI=1S/C20H14NO3P/c22-21(23)18-13-11-17(12-14-18)15-16-25(24,19-7-3-1-4-8-19)20-9-5-2-6-10-20/h1-14H. The van der Waals surface area contributed by atoms with Crippen LogP contribution in [0, 0.1) is 21.7 Å². The van der Waals surface area contributed by atoms with E-state index in [0.29, 0.717) is 16.2 Å². The molecule has 0 aliphatic rings. The molecular formula is C20H14NO3P. The Bertz CT molecular complexity index is 944. The van der Waals surface area contributed by atoms with Crippen LogP contribution in [0.15, 0.2) is 84.9 Å². The van der Waals surface area contributed by atoms with Crippen LogP contribution in [0.2, 0.25) is 0 Å². The third kappa shape index (κ3) is 3.68. The topological polar surface area (TPSA) is 60.2 Å². The summed E-state index contributed by atoms with van der Waals surface area (Å²) in [7, 11) is -3.12. The van der Waals surface area contributed by atoms with Gasteiger partial charge in [0, 0.05) is 28.3 Å². The van der Waals surface area contributed by atoms with Gasteiger partial charge in [0.1, 0.15) is 0 Å². The number of benzene rings is 3. The lowest BCUT2D eigenvalue weighted by atomic mass is 10.2. The molecule has 25 heavy (non-hydrogen) atoms. The van der Waals surface area contributed by atoms with E-state index in [0.717, 1.165) is 0 Å². The maximum Gasteiger partial charge on any atom is 0.269 e. The highest BCUT2D eigenvalue weighted by Crippen LogP contribution is 2.41. The Morgan fingerprint density at radius 1 is 0.760 bits per heavy atom. The van der Waals surface area contributed by atoms with Gasteiger partial charge in [-0.2, -0.15) is 0 Å². The first-order valence-electron chi connectivity index (χ1n) is 7.58. The normalized spacial score (nSPS) is 10.6. The third-order valence-corrected chi connectivity index (χ3v) is 6.15. The van der Waals surface area contributed by atoms with Gasteiger partial charge in [0.25, 0.3) is 5.69 Å². The van der Waals surface area contributed by atoms with Crippen LogP contribution in [0.4, 0.5) is 5.69 Å². The Morgan fingerprint density at radius 3 is 1.68 bits per heavy atom. The van der Waals surface area contributed by atoms with E-state index < -0.39 is 12.1 Å². The zero-order chi connectivity index (χ0) is 17.7. The van der Waals surface area contributed by atoms with Crippen molar-refractivity contribution < 1.29 is 9.49 Å². The second-order valence-corrected chi connectivity index (χ2v) is 7.80. The van der Waals surface area contributed by atoms with Gasteiger partial charge in [-0.05, 0) is 17.8 Å². The van der Waals surface area contributed by atoms with Crippen LogP contribution in [0.1, 0.15) is 5.56 Å². The molecule has 0 heterocycles. The quantitative estimate of drug-likeness (QED) is 0.312. The summed E-state index contributed by atoms with van der Waals surface area (Å²) in [5.74, 6) is 2.91. The molecular weight excluding hydrogens is 333 g/mol. The van der Waals surface area contributed by atoms with Gasteiger partial charge in [-0.3, -0.25) is 14.7 Å². The molecule has 4 nitrogen and oxygen atoms in total. The molecule has 0 aliphatic heterocycles. The van der Waals surface area contributed by atoms with Crippen LogP contribution in [0.5, 0.6) is 0 Å². The van der Waals surface area contributed by atoms with E-state index in [1.54, 1.807) is 36.4 Å². The Labute approximate surface area is 145 Å². The number of hydrogen-bond donors (Lipinski definition) is 0. The van der Waals surface area contributed by atoms with Crippen molar-refractivity contribution in [1.29, 1.82) is 0 Å². The number of nitro benzene ring substituents is 1. The lowest BCUT2D eigenvalue weighted by molar-refractivity contribution is -0.384. The summed E-state index contributed by atoms with van der Waals surface area (Å²) >= 11 is 0. The molecule has 0 bridgehead atoms. The predicted octanol–water partition coefficient (Wildman–Crippen LogP) is 3.92. The molecule has 0 amide bonds. The lowest BCUT2D eigenvalue weighted by Gasteiger charge is -2.12. The second-order valence-electron chi connectivity index (χ2n) is 5.32. The van der Waals surface area contributed by atoms with Crippen molar-refractivity contribution in [1.82, 2.24) is 0 Å². The maximum absolute atomic E-state index is 13.7. The van der Waals surface area contributed by atoms with Gasteiger partial charge in [0.2, 0.25) is 7.14 Å². The maximum atomic E-state index is 13.7. The van der Waals surface area contributed by atoms with Gasteiger partial charge in [-0.1, -0.05) is 66.6 Å². The Hall–Kier alpha value is -3.15. The largest absolute Gasteiger partial charge is 0.300 e.